The lowest BCUT2D eigenvalue weighted by Gasteiger charge is -2.55. The highest BCUT2D eigenvalue weighted by atomic mass is 35.5. The number of fused-ring (bicyclic) bond motifs is 3. The number of likely N-dealkylation sites (tertiary alicyclic amines) is 2. The minimum absolute atomic E-state index is 0.0263. The van der Waals surface area contributed by atoms with E-state index in [4.69, 9.17) is 37.1 Å². The fraction of sp³-hybridized carbons (Fsp3) is 0.472. The SMILES string of the molecule is N#Cc1c(N)sc2c(F)ccc(-c3c(Cl)cc4c(N5CCOC6(CN(C(=O)N7CC(C#N)C7)C6)C5)nc(OCC56CCCN5CCC6)nc4c3F)c12. The minimum Gasteiger partial charge on any atom is -0.461 e. The third kappa shape index (κ3) is 5.12. The lowest BCUT2D eigenvalue weighted by Crippen LogP contribution is -2.73. The third-order valence-corrected chi connectivity index (χ3v) is 12.8. The standard InChI is InChI=1S/C36H34ClF2N9O3S/c37-24-11-22-29(28(39)27(24)21-3-4-25(38)30-26(21)23(13-41)31(42)52-30)43-33(50-19-35-5-1-7-48(35)8-2-6-35)44-32(22)45-9-10-51-36(16-45)17-47(18-36)34(49)46-14-20(12-40)15-46/h3-4,11,20H,1-2,5-10,14-19,42H2. The lowest BCUT2D eigenvalue weighted by molar-refractivity contribution is -0.137. The molecule has 0 aliphatic carbocycles. The van der Waals surface area contributed by atoms with E-state index in [0.29, 0.717) is 63.7 Å². The molecule has 5 aliphatic rings. The number of thiophene rings is 1. The van der Waals surface area contributed by atoms with Crippen molar-refractivity contribution in [2.45, 2.75) is 36.8 Å². The number of nitrogens with two attached hydrogens (primary N) is 1. The number of benzene rings is 2. The van der Waals surface area contributed by atoms with Gasteiger partial charge in [0.2, 0.25) is 0 Å². The summed E-state index contributed by atoms with van der Waals surface area (Å²) in [7, 11) is 0. The smallest absolute Gasteiger partial charge is 0.320 e. The van der Waals surface area contributed by atoms with Crippen LogP contribution in [0, 0.1) is 40.2 Å². The van der Waals surface area contributed by atoms with Gasteiger partial charge >= 0.3 is 12.0 Å². The maximum absolute atomic E-state index is 17.2. The third-order valence-electron chi connectivity index (χ3n) is 11.4. The summed E-state index contributed by atoms with van der Waals surface area (Å²) in [5.41, 5.74) is 5.56. The second-order valence-corrected chi connectivity index (χ2v) is 16.0. The van der Waals surface area contributed by atoms with E-state index in [1.807, 2.05) is 11.0 Å². The summed E-state index contributed by atoms with van der Waals surface area (Å²) in [5, 5.41) is 19.8. The molecule has 7 heterocycles. The number of carbonyl (C=O) groups excluding carboxylic acids is 1. The van der Waals surface area contributed by atoms with Gasteiger partial charge in [-0.2, -0.15) is 20.5 Å². The Hall–Kier alpha value is -4.54. The van der Waals surface area contributed by atoms with E-state index < -0.39 is 17.2 Å². The number of aromatic nitrogens is 2. The summed E-state index contributed by atoms with van der Waals surface area (Å²) in [6.45, 7) is 5.14. The van der Waals surface area contributed by atoms with Crippen LogP contribution in [0.25, 0.3) is 32.1 Å². The first-order chi connectivity index (χ1) is 25.1. The molecule has 9 rings (SSSR count). The molecule has 4 aromatic rings. The normalized spacial score (nSPS) is 20.9. The van der Waals surface area contributed by atoms with E-state index in [-0.39, 0.29) is 65.8 Å². The molecule has 16 heteroatoms. The first kappa shape index (κ1) is 33.3. The number of halogens is 3. The molecule has 0 atom stereocenters. The predicted molar refractivity (Wildman–Crippen MR) is 191 cm³/mol. The maximum Gasteiger partial charge on any atom is 0.320 e. The summed E-state index contributed by atoms with van der Waals surface area (Å²) >= 11 is 7.84. The van der Waals surface area contributed by atoms with Gasteiger partial charge in [0.05, 0.1) is 59.1 Å². The highest BCUT2D eigenvalue weighted by Gasteiger charge is 2.51. The van der Waals surface area contributed by atoms with Gasteiger partial charge in [0.1, 0.15) is 40.4 Å². The number of carbonyl (C=O) groups is 1. The molecule has 5 aliphatic heterocycles. The molecule has 0 unspecified atom stereocenters. The van der Waals surface area contributed by atoms with Gasteiger partial charge in [0, 0.05) is 36.0 Å². The van der Waals surface area contributed by atoms with Gasteiger partial charge in [0.25, 0.3) is 0 Å². The quantitative estimate of drug-likeness (QED) is 0.283. The van der Waals surface area contributed by atoms with E-state index in [2.05, 4.69) is 16.0 Å². The Bertz CT molecular complexity index is 2230. The number of amides is 2. The zero-order chi connectivity index (χ0) is 35.9. The number of nitrogen functional groups attached to an aromatic ring is 1. The van der Waals surface area contributed by atoms with Crippen LogP contribution in [-0.2, 0) is 4.74 Å². The number of rotatable bonds is 5. The number of hydrogen-bond donors (Lipinski definition) is 1. The maximum atomic E-state index is 17.2. The summed E-state index contributed by atoms with van der Waals surface area (Å²) in [6.07, 6.45) is 4.17. The minimum atomic E-state index is -0.757. The molecular formula is C36H34ClF2N9O3S. The highest BCUT2D eigenvalue weighted by Crippen LogP contribution is 2.46. The molecule has 5 fully saturated rings. The van der Waals surface area contributed by atoms with Gasteiger partial charge in [-0.25, -0.2) is 13.6 Å². The van der Waals surface area contributed by atoms with Gasteiger partial charge in [0.15, 0.2) is 5.82 Å². The topological polar surface area (TPSA) is 148 Å². The number of anilines is 2. The van der Waals surface area contributed by atoms with Gasteiger partial charge in [-0.05, 0) is 56.5 Å². The van der Waals surface area contributed by atoms with Crippen molar-refractivity contribution in [2.24, 2.45) is 5.92 Å². The first-order valence-corrected chi connectivity index (χ1v) is 18.6. The predicted octanol–water partition coefficient (Wildman–Crippen LogP) is 5.37. The Kier molecular flexibility index (Phi) is 7.86. The molecule has 2 aromatic carbocycles. The Morgan fingerprint density at radius 3 is 2.62 bits per heavy atom. The van der Waals surface area contributed by atoms with E-state index in [1.54, 1.807) is 15.9 Å². The van der Waals surface area contributed by atoms with Crippen LogP contribution >= 0.6 is 22.9 Å². The van der Waals surface area contributed by atoms with Crippen LogP contribution in [0.2, 0.25) is 5.02 Å². The van der Waals surface area contributed by atoms with E-state index in [9.17, 15) is 14.4 Å². The summed E-state index contributed by atoms with van der Waals surface area (Å²) < 4.78 is 44.9. The molecule has 2 aromatic heterocycles. The van der Waals surface area contributed by atoms with Crippen molar-refractivity contribution in [3.63, 3.8) is 0 Å². The molecule has 12 nitrogen and oxygen atoms in total. The van der Waals surface area contributed by atoms with Crippen molar-refractivity contribution in [2.75, 3.05) is 76.2 Å². The Morgan fingerprint density at radius 1 is 1.12 bits per heavy atom. The molecular weight excluding hydrogens is 712 g/mol. The van der Waals surface area contributed by atoms with Crippen molar-refractivity contribution in [1.82, 2.24) is 24.7 Å². The Morgan fingerprint density at radius 2 is 1.88 bits per heavy atom. The zero-order valence-electron chi connectivity index (χ0n) is 28.1. The van der Waals surface area contributed by atoms with E-state index in [0.717, 1.165) is 50.1 Å². The van der Waals surface area contributed by atoms with Crippen LogP contribution in [0.3, 0.4) is 0 Å². The van der Waals surface area contributed by atoms with Crippen LogP contribution < -0.4 is 15.4 Å². The molecule has 268 valence electrons. The van der Waals surface area contributed by atoms with Crippen LogP contribution in [-0.4, -0.2) is 107 Å². The van der Waals surface area contributed by atoms with Gasteiger partial charge in [-0.15, -0.1) is 11.3 Å². The van der Waals surface area contributed by atoms with Crippen LogP contribution in [0.5, 0.6) is 6.01 Å². The molecule has 1 spiro atoms. The van der Waals surface area contributed by atoms with Gasteiger partial charge in [-0.3, -0.25) is 4.90 Å². The molecule has 2 N–H and O–H groups in total. The Balaban J connectivity index is 1.11. The molecule has 0 radical (unpaired) electrons. The molecule has 52 heavy (non-hydrogen) atoms. The summed E-state index contributed by atoms with van der Waals surface area (Å²) in [6, 6.07) is 8.38. The van der Waals surface area contributed by atoms with Crippen molar-refractivity contribution in [3.05, 3.63) is 40.4 Å². The van der Waals surface area contributed by atoms with Crippen LogP contribution in [0.4, 0.5) is 24.4 Å². The monoisotopic (exact) mass is 745 g/mol. The number of nitriles is 2. The Labute approximate surface area is 306 Å². The van der Waals surface area contributed by atoms with E-state index >= 15 is 4.39 Å². The number of ether oxygens (including phenoxy) is 2. The van der Waals surface area contributed by atoms with Crippen LogP contribution in [0.15, 0.2) is 18.2 Å². The largest absolute Gasteiger partial charge is 0.461 e. The van der Waals surface area contributed by atoms with Crippen molar-refractivity contribution < 1.29 is 23.0 Å². The molecule has 0 bridgehead atoms. The summed E-state index contributed by atoms with van der Waals surface area (Å²) in [5.74, 6) is -1.04. The zero-order valence-corrected chi connectivity index (χ0v) is 29.7. The van der Waals surface area contributed by atoms with Crippen LogP contribution in [0.1, 0.15) is 31.2 Å². The highest BCUT2D eigenvalue weighted by molar-refractivity contribution is 7.23. The second-order valence-electron chi connectivity index (χ2n) is 14.6. The van der Waals surface area contributed by atoms with Gasteiger partial charge < -0.3 is 29.9 Å². The first-order valence-electron chi connectivity index (χ1n) is 17.4. The number of urea groups is 1. The van der Waals surface area contributed by atoms with Gasteiger partial charge in [-0.1, -0.05) is 17.7 Å². The number of hydrogen-bond acceptors (Lipinski definition) is 11. The average molecular weight is 746 g/mol. The van der Waals surface area contributed by atoms with Crippen molar-refractivity contribution in [1.29, 1.82) is 10.5 Å². The fourth-order valence-electron chi connectivity index (χ4n) is 8.80. The fourth-order valence-corrected chi connectivity index (χ4v) is 10.0. The number of nitrogens with zero attached hydrogens (tertiary/aromatic N) is 8. The second kappa shape index (κ2) is 12.3. The molecule has 5 saturated heterocycles. The molecule has 2 amide bonds. The van der Waals surface area contributed by atoms with Crippen molar-refractivity contribution >= 4 is 60.8 Å². The van der Waals surface area contributed by atoms with E-state index in [1.165, 1.54) is 12.1 Å². The number of morpholine rings is 1. The average Bonchev–Trinajstić information content (AvgIpc) is 3.79. The lowest BCUT2D eigenvalue weighted by atomic mass is 9.91. The molecule has 0 saturated carbocycles. The summed E-state index contributed by atoms with van der Waals surface area (Å²) in [4.78, 5) is 30.4. The van der Waals surface area contributed by atoms with Crippen molar-refractivity contribution in [3.8, 4) is 29.3 Å².